The summed E-state index contributed by atoms with van der Waals surface area (Å²) in [6.45, 7) is 0. The summed E-state index contributed by atoms with van der Waals surface area (Å²) < 4.78 is 6.43. The maximum Gasteiger partial charge on any atom is 0.143 e. The third kappa shape index (κ3) is 5.57. The molecule has 2 heteroatoms. The zero-order valence-electron chi connectivity index (χ0n) is 33.4. The summed E-state index contributed by atoms with van der Waals surface area (Å²) in [7, 11) is 0. The summed E-state index contributed by atoms with van der Waals surface area (Å²) in [5, 5.41) is 4.69. The predicted octanol–water partition coefficient (Wildman–Crippen LogP) is 15.9. The Hall–Kier alpha value is -7.94. The Bertz CT molecular complexity index is 3360. The number of hydrogen-bond donors (Lipinski definition) is 0. The smallest absolute Gasteiger partial charge is 0.143 e. The minimum atomic E-state index is -0.445. The highest BCUT2D eigenvalue weighted by Gasteiger charge is 2.46. The van der Waals surface area contributed by atoms with Crippen LogP contribution in [0.25, 0.3) is 66.1 Å². The van der Waals surface area contributed by atoms with Gasteiger partial charge in [0.05, 0.1) is 5.41 Å². The van der Waals surface area contributed by atoms with E-state index in [0.717, 1.165) is 50.1 Å². The van der Waals surface area contributed by atoms with E-state index in [1.165, 1.54) is 55.3 Å². The molecule has 1 aliphatic carbocycles. The lowest BCUT2D eigenvalue weighted by atomic mass is 9.67. The Morgan fingerprint density at radius 2 is 0.885 bits per heavy atom. The van der Waals surface area contributed by atoms with Crippen molar-refractivity contribution in [1.29, 1.82) is 0 Å². The van der Waals surface area contributed by atoms with Crippen molar-refractivity contribution in [3.8, 4) is 33.4 Å². The van der Waals surface area contributed by atoms with Crippen molar-refractivity contribution in [1.82, 2.24) is 0 Å². The molecule has 0 amide bonds. The molecule has 1 aromatic heterocycles. The zero-order chi connectivity index (χ0) is 40.3. The SMILES string of the molecule is c1ccc(C2(c3ccccc3)c3ccccc3-c3ccc(-c4ccc(N(c5ccc(-c6cccc7c6oc6ccccc67)cc5)c5ccc6ccccc6c5)cc4)cc32)cc1. The van der Waals surface area contributed by atoms with Crippen LogP contribution in [-0.2, 0) is 5.41 Å². The first-order valence-electron chi connectivity index (χ1n) is 21.0. The Morgan fingerprint density at radius 1 is 0.328 bits per heavy atom. The third-order valence-corrected chi connectivity index (χ3v) is 12.7. The fraction of sp³-hybridized carbons (Fsp3) is 0.0169. The van der Waals surface area contributed by atoms with E-state index in [2.05, 4.69) is 229 Å². The Morgan fingerprint density at radius 3 is 1.64 bits per heavy atom. The highest BCUT2D eigenvalue weighted by Crippen LogP contribution is 2.56. The van der Waals surface area contributed by atoms with Crippen LogP contribution in [0.1, 0.15) is 22.3 Å². The Labute approximate surface area is 355 Å². The average molecular weight is 778 g/mol. The van der Waals surface area contributed by atoms with Crippen LogP contribution in [0, 0.1) is 0 Å². The molecule has 1 aliphatic rings. The molecule has 12 rings (SSSR count). The highest BCUT2D eigenvalue weighted by atomic mass is 16.3. The van der Waals surface area contributed by atoms with Crippen molar-refractivity contribution in [2.75, 3.05) is 4.90 Å². The van der Waals surface area contributed by atoms with Crippen LogP contribution in [0.15, 0.2) is 241 Å². The van der Waals surface area contributed by atoms with Crippen molar-refractivity contribution in [3.05, 3.63) is 259 Å². The lowest BCUT2D eigenvalue weighted by Crippen LogP contribution is -2.28. The predicted molar refractivity (Wildman–Crippen MR) is 254 cm³/mol. The number of rotatable bonds is 7. The van der Waals surface area contributed by atoms with E-state index in [0.29, 0.717) is 0 Å². The minimum absolute atomic E-state index is 0.445. The molecular formula is C59H39NO. The standard InChI is InChI=1S/C59H39NO/c1-3-16-45(17-4-1)59(46-18-5-2-6-19-46)55-24-11-9-20-51(55)52-37-31-44(39-56(52)59)41-26-32-47(33-27-41)60(49-36-28-40-14-7-8-15-43(40)38-49)48-34-29-42(30-35-48)50-22-13-23-54-53-21-10-12-25-57(53)61-58(50)54/h1-39H. The van der Waals surface area contributed by atoms with Crippen LogP contribution in [-0.4, -0.2) is 0 Å². The molecule has 11 aromatic rings. The molecule has 2 nitrogen and oxygen atoms in total. The summed E-state index contributed by atoms with van der Waals surface area (Å²) in [6.07, 6.45) is 0. The minimum Gasteiger partial charge on any atom is -0.455 e. The molecule has 0 spiro atoms. The highest BCUT2D eigenvalue weighted by molar-refractivity contribution is 6.09. The molecule has 0 fully saturated rings. The van der Waals surface area contributed by atoms with Crippen molar-refractivity contribution >= 4 is 49.8 Å². The molecule has 286 valence electrons. The van der Waals surface area contributed by atoms with Crippen LogP contribution in [0.2, 0.25) is 0 Å². The Kier molecular flexibility index (Phi) is 8.11. The van der Waals surface area contributed by atoms with Gasteiger partial charge in [-0.25, -0.2) is 0 Å². The van der Waals surface area contributed by atoms with Crippen molar-refractivity contribution in [2.24, 2.45) is 0 Å². The van der Waals surface area contributed by atoms with Crippen LogP contribution >= 0.6 is 0 Å². The molecule has 10 aromatic carbocycles. The molecule has 0 N–H and O–H groups in total. The molecule has 0 saturated carbocycles. The first-order valence-corrected chi connectivity index (χ1v) is 21.0. The van der Waals surface area contributed by atoms with E-state index in [1.807, 2.05) is 12.1 Å². The summed E-state index contributed by atoms with van der Waals surface area (Å²) in [4.78, 5) is 2.36. The first kappa shape index (κ1) is 35.0. The number of para-hydroxylation sites is 2. The van der Waals surface area contributed by atoms with Crippen molar-refractivity contribution < 1.29 is 4.42 Å². The molecule has 0 bridgehead atoms. The second-order valence-corrected chi connectivity index (χ2v) is 16.0. The van der Waals surface area contributed by atoms with Gasteiger partial charge >= 0.3 is 0 Å². The van der Waals surface area contributed by atoms with Gasteiger partial charge in [-0.1, -0.05) is 188 Å². The molecule has 0 saturated heterocycles. The Balaban J connectivity index is 0.964. The van der Waals surface area contributed by atoms with E-state index in [4.69, 9.17) is 4.42 Å². The van der Waals surface area contributed by atoms with Crippen LogP contribution < -0.4 is 4.90 Å². The second kappa shape index (κ2) is 14.1. The van der Waals surface area contributed by atoms with Gasteiger partial charge in [0.1, 0.15) is 11.2 Å². The topological polar surface area (TPSA) is 16.4 Å². The van der Waals surface area contributed by atoms with Gasteiger partial charge in [-0.3, -0.25) is 0 Å². The zero-order valence-corrected chi connectivity index (χ0v) is 33.4. The molecular weight excluding hydrogens is 739 g/mol. The fourth-order valence-electron chi connectivity index (χ4n) is 9.95. The van der Waals surface area contributed by atoms with Crippen molar-refractivity contribution in [2.45, 2.75) is 5.41 Å². The van der Waals surface area contributed by atoms with E-state index in [1.54, 1.807) is 0 Å². The molecule has 1 heterocycles. The van der Waals surface area contributed by atoms with Gasteiger partial charge in [0.25, 0.3) is 0 Å². The first-order chi connectivity index (χ1) is 30.2. The van der Waals surface area contributed by atoms with E-state index < -0.39 is 5.41 Å². The lowest BCUT2D eigenvalue weighted by Gasteiger charge is -2.34. The molecule has 0 radical (unpaired) electrons. The monoisotopic (exact) mass is 777 g/mol. The quantitative estimate of drug-likeness (QED) is 0.160. The van der Waals surface area contributed by atoms with Crippen LogP contribution in [0.5, 0.6) is 0 Å². The van der Waals surface area contributed by atoms with Crippen molar-refractivity contribution in [3.63, 3.8) is 0 Å². The third-order valence-electron chi connectivity index (χ3n) is 12.7. The van der Waals surface area contributed by atoms with Gasteiger partial charge in [0.15, 0.2) is 0 Å². The maximum atomic E-state index is 6.43. The summed E-state index contributed by atoms with van der Waals surface area (Å²) in [5.74, 6) is 0. The second-order valence-electron chi connectivity index (χ2n) is 16.0. The number of anilines is 3. The molecule has 0 aliphatic heterocycles. The number of benzene rings is 10. The van der Waals surface area contributed by atoms with Gasteiger partial charge in [-0.05, 0) is 109 Å². The number of fused-ring (bicyclic) bond motifs is 7. The van der Waals surface area contributed by atoms with Gasteiger partial charge in [-0.2, -0.15) is 0 Å². The van der Waals surface area contributed by atoms with Gasteiger partial charge in [0, 0.05) is 33.4 Å². The summed E-state index contributed by atoms with van der Waals surface area (Å²) >= 11 is 0. The van der Waals surface area contributed by atoms with Crippen LogP contribution in [0.4, 0.5) is 17.1 Å². The lowest BCUT2D eigenvalue weighted by molar-refractivity contribution is 0.670. The van der Waals surface area contributed by atoms with Gasteiger partial charge in [0.2, 0.25) is 0 Å². The average Bonchev–Trinajstić information content (AvgIpc) is 3.87. The number of nitrogens with zero attached hydrogens (tertiary/aromatic N) is 1. The molecule has 0 atom stereocenters. The maximum absolute atomic E-state index is 6.43. The number of furan rings is 1. The summed E-state index contributed by atoms with van der Waals surface area (Å²) in [6, 6.07) is 86.0. The van der Waals surface area contributed by atoms with E-state index >= 15 is 0 Å². The summed E-state index contributed by atoms with van der Waals surface area (Å²) in [5.41, 5.74) is 16.9. The fourth-order valence-corrected chi connectivity index (χ4v) is 9.95. The van der Waals surface area contributed by atoms with E-state index in [9.17, 15) is 0 Å². The van der Waals surface area contributed by atoms with Gasteiger partial charge in [-0.15, -0.1) is 0 Å². The van der Waals surface area contributed by atoms with Crippen LogP contribution in [0.3, 0.4) is 0 Å². The number of hydrogen-bond acceptors (Lipinski definition) is 2. The normalized spacial score (nSPS) is 12.7. The van der Waals surface area contributed by atoms with Gasteiger partial charge < -0.3 is 9.32 Å². The molecule has 0 unspecified atom stereocenters. The van der Waals surface area contributed by atoms with E-state index in [-0.39, 0.29) is 0 Å². The molecule has 61 heavy (non-hydrogen) atoms. The largest absolute Gasteiger partial charge is 0.455 e.